The van der Waals surface area contributed by atoms with Crippen molar-refractivity contribution < 1.29 is 9.59 Å². The Kier molecular flexibility index (Phi) is 3.99. The second-order valence-electron chi connectivity index (χ2n) is 1.92. The normalized spacial score (nSPS) is 12.6. The predicted octanol–water partition coefficient (Wildman–Crippen LogP) is -0.655. The highest BCUT2D eigenvalue weighted by molar-refractivity contribution is 6.64. The van der Waals surface area contributed by atoms with Gasteiger partial charge in [0.25, 0.3) is 0 Å². The first kappa shape index (κ1) is 9.39. The largest absolute Gasteiger partial charge is 0.370 e. The lowest BCUT2D eigenvalue weighted by Crippen LogP contribution is -2.28. The van der Waals surface area contributed by atoms with Gasteiger partial charge in [0.2, 0.25) is 11.1 Å². The summed E-state index contributed by atoms with van der Waals surface area (Å²) in [7, 11) is 0. The summed E-state index contributed by atoms with van der Waals surface area (Å²) >= 11 is 5.00. The van der Waals surface area contributed by atoms with Crippen LogP contribution in [-0.4, -0.2) is 17.2 Å². The molecule has 0 saturated heterocycles. The maximum Gasteiger partial charge on any atom is 0.238 e. The van der Waals surface area contributed by atoms with Crippen LogP contribution in [0.5, 0.6) is 0 Å². The highest BCUT2D eigenvalue weighted by atomic mass is 35.5. The van der Waals surface area contributed by atoms with Gasteiger partial charge in [0.05, 0.1) is 6.04 Å². The molecule has 0 bridgehead atoms. The van der Waals surface area contributed by atoms with E-state index in [9.17, 15) is 9.59 Å². The van der Waals surface area contributed by atoms with Crippen LogP contribution in [0.2, 0.25) is 0 Å². The molecule has 0 aromatic carbocycles. The summed E-state index contributed by atoms with van der Waals surface area (Å²) in [5.41, 5.74) is 9.97. The van der Waals surface area contributed by atoms with Gasteiger partial charge in [0.1, 0.15) is 0 Å². The first-order chi connectivity index (χ1) is 4.54. The van der Waals surface area contributed by atoms with E-state index in [2.05, 4.69) is 0 Å². The van der Waals surface area contributed by atoms with Gasteiger partial charge in [-0.2, -0.15) is 0 Å². The first-order valence-electron chi connectivity index (χ1n) is 2.77. The van der Waals surface area contributed by atoms with Crippen molar-refractivity contribution in [2.75, 3.05) is 0 Å². The van der Waals surface area contributed by atoms with Gasteiger partial charge in [-0.25, -0.2) is 0 Å². The van der Waals surface area contributed by atoms with Crippen molar-refractivity contribution in [2.45, 2.75) is 18.9 Å². The summed E-state index contributed by atoms with van der Waals surface area (Å²) in [4.78, 5) is 20.4. The Morgan fingerprint density at radius 1 is 1.50 bits per heavy atom. The zero-order valence-electron chi connectivity index (χ0n) is 5.34. The summed E-state index contributed by atoms with van der Waals surface area (Å²) < 4.78 is 0. The second kappa shape index (κ2) is 4.24. The molecule has 0 aromatic rings. The minimum Gasteiger partial charge on any atom is -0.370 e. The number of halogens is 1. The Hall–Kier alpha value is -0.610. The monoisotopic (exact) mass is 164 g/mol. The number of hydrogen-bond donors (Lipinski definition) is 2. The molecule has 0 aliphatic rings. The van der Waals surface area contributed by atoms with E-state index in [1.165, 1.54) is 0 Å². The van der Waals surface area contributed by atoms with Crippen LogP contribution in [0.25, 0.3) is 0 Å². The number of hydrogen-bond acceptors (Lipinski definition) is 3. The van der Waals surface area contributed by atoms with E-state index < -0.39 is 17.2 Å². The average molecular weight is 165 g/mol. The quantitative estimate of drug-likeness (QED) is 0.541. The Balaban J connectivity index is 3.49. The van der Waals surface area contributed by atoms with E-state index in [-0.39, 0.29) is 12.8 Å². The molecule has 4 nitrogen and oxygen atoms in total. The molecule has 58 valence electrons. The van der Waals surface area contributed by atoms with Crippen LogP contribution in [0.1, 0.15) is 12.8 Å². The van der Waals surface area contributed by atoms with Gasteiger partial charge in [-0.1, -0.05) is 0 Å². The van der Waals surface area contributed by atoms with Gasteiger partial charge in [-0.15, -0.1) is 0 Å². The molecule has 5 heteroatoms. The van der Waals surface area contributed by atoms with Crippen molar-refractivity contribution in [3.8, 4) is 0 Å². The molecule has 0 aliphatic heterocycles. The topological polar surface area (TPSA) is 86.2 Å². The molecule has 1 amide bonds. The molecular weight excluding hydrogens is 156 g/mol. The molecule has 1 atom stereocenters. The summed E-state index contributed by atoms with van der Waals surface area (Å²) in [5, 5.41) is -0.638. The van der Waals surface area contributed by atoms with Crippen LogP contribution in [0.15, 0.2) is 0 Å². The van der Waals surface area contributed by atoms with Crippen molar-refractivity contribution in [3.63, 3.8) is 0 Å². The van der Waals surface area contributed by atoms with Crippen LogP contribution in [0, 0.1) is 0 Å². The Labute approximate surface area is 63.5 Å². The summed E-state index contributed by atoms with van der Waals surface area (Å²) in [6.45, 7) is 0. The standard InChI is InChI=1S/C5H9ClN2O2/c6-5(10)3(7)1-2-4(8)9/h3H,1-2,7H2,(H2,8,9)/t3-/m0/s1. The van der Waals surface area contributed by atoms with Crippen molar-refractivity contribution in [1.29, 1.82) is 0 Å². The lowest BCUT2D eigenvalue weighted by Gasteiger charge is -2.01. The average Bonchev–Trinajstić information content (AvgIpc) is 1.82. The van der Waals surface area contributed by atoms with E-state index in [4.69, 9.17) is 23.1 Å². The highest BCUT2D eigenvalue weighted by Crippen LogP contribution is 1.96. The van der Waals surface area contributed by atoms with Crippen LogP contribution < -0.4 is 11.5 Å². The number of nitrogens with two attached hydrogens (primary N) is 2. The molecule has 0 saturated carbocycles. The minimum atomic E-state index is -0.769. The van der Waals surface area contributed by atoms with Gasteiger partial charge >= 0.3 is 0 Å². The zero-order valence-corrected chi connectivity index (χ0v) is 6.10. The lowest BCUT2D eigenvalue weighted by atomic mass is 10.2. The fourth-order valence-corrected chi connectivity index (χ4v) is 0.520. The summed E-state index contributed by atoms with van der Waals surface area (Å²) in [5.74, 6) is -0.478. The number of carbonyl (C=O) groups is 2. The van der Waals surface area contributed by atoms with Crippen LogP contribution in [0.4, 0.5) is 0 Å². The fourth-order valence-electron chi connectivity index (χ4n) is 0.411. The van der Waals surface area contributed by atoms with Gasteiger partial charge in [0.15, 0.2) is 0 Å². The first-order valence-corrected chi connectivity index (χ1v) is 3.15. The molecule has 4 N–H and O–H groups in total. The third-order valence-electron chi connectivity index (χ3n) is 0.993. The highest BCUT2D eigenvalue weighted by Gasteiger charge is 2.10. The van der Waals surface area contributed by atoms with Crippen molar-refractivity contribution in [3.05, 3.63) is 0 Å². The van der Waals surface area contributed by atoms with Crippen LogP contribution in [-0.2, 0) is 9.59 Å². The molecule has 0 heterocycles. The molecule has 0 radical (unpaired) electrons. The van der Waals surface area contributed by atoms with Crippen molar-refractivity contribution >= 4 is 22.8 Å². The summed E-state index contributed by atoms with van der Waals surface area (Å²) in [6.07, 6.45) is 0.317. The van der Waals surface area contributed by atoms with Crippen molar-refractivity contribution in [1.82, 2.24) is 0 Å². The molecule has 10 heavy (non-hydrogen) atoms. The summed E-state index contributed by atoms with van der Waals surface area (Å²) in [6, 6.07) is -0.769. The fraction of sp³-hybridized carbons (Fsp3) is 0.600. The van der Waals surface area contributed by atoms with E-state index in [0.717, 1.165) is 0 Å². The number of carbonyl (C=O) groups excluding carboxylic acids is 2. The van der Waals surface area contributed by atoms with Gasteiger partial charge in [-0.05, 0) is 18.0 Å². The van der Waals surface area contributed by atoms with Gasteiger partial charge in [-0.3, -0.25) is 9.59 Å². The third kappa shape index (κ3) is 4.29. The lowest BCUT2D eigenvalue weighted by molar-refractivity contribution is -0.118. The van der Waals surface area contributed by atoms with E-state index in [1.54, 1.807) is 0 Å². The van der Waals surface area contributed by atoms with E-state index >= 15 is 0 Å². The second-order valence-corrected chi connectivity index (χ2v) is 2.29. The smallest absolute Gasteiger partial charge is 0.238 e. The maximum absolute atomic E-state index is 10.2. The maximum atomic E-state index is 10.2. The van der Waals surface area contributed by atoms with Gasteiger partial charge in [0, 0.05) is 6.42 Å². The zero-order chi connectivity index (χ0) is 8.15. The number of primary amides is 1. The molecule has 0 rings (SSSR count). The Morgan fingerprint density at radius 3 is 2.30 bits per heavy atom. The number of rotatable bonds is 4. The Bertz CT molecular complexity index is 149. The van der Waals surface area contributed by atoms with E-state index in [0.29, 0.717) is 0 Å². The van der Waals surface area contributed by atoms with Crippen molar-refractivity contribution in [2.24, 2.45) is 11.5 Å². The predicted molar refractivity (Wildman–Crippen MR) is 37.3 cm³/mol. The SMILES string of the molecule is NC(=O)CC[C@H](N)C(=O)Cl. The van der Waals surface area contributed by atoms with E-state index in [1.807, 2.05) is 0 Å². The molecule has 0 aliphatic carbocycles. The molecule has 0 aromatic heterocycles. The molecule has 0 unspecified atom stereocenters. The third-order valence-corrected chi connectivity index (χ3v) is 1.27. The molecule has 0 fully saturated rings. The van der Waals surface area contributed by atoms with Crippen LogP contribution >= 0.6 is 11.6 Å². The van der Waals surface area contributed by atoms with Gasteiger partial charge < -0.3 is 11.5 Å². The molecular formula is C5H9ClN2O2. The number of amides is 1. The Morgan fingerprint density at radius 2 is 2.00 bits per heavy atom. The minimum absolute atomic E-state index is 0.0969. The molecule has 0 spiro atoms. The van der Waals surface area contributed by atoms with Crippen LogP contribution in [0.3, 0.4) is 0 Å².